The zero-order chi connectivity index (χ0) is 22.4. The first-order valence-electron chi connectivity index (χ1n) is 9.03. The van der Waals surface area contributed by atoms with Gasteiger partial charge in [-0.05, 0) is 42.5 Å². The number of para-hydroxylation sites is 1. The van der Waals surface area contributed by atoms with Gasteiger partial charge in [0.2, 0.25) is 0 Å². The lowest BCUT2D eigenvalue weighted by Crippen LogP contribution is -2.16. The van der Waals surface area contributed by atoms with Crippen LogP contribution in [0.1, 0.15) is 31.1 Å². The first-order chi connectivity index (χ1) is 14.9. The lowest BCUT2D eigenvalue weighted by molar-refractivity contribution is -0.384. The van der Waals surface area contributed by atoms with Crippen molar-refractivity contribution in [3.8, 4) is 0 Å². The van der Waals surface area contributed by atoms with Gasteiger partial charge in [0.05, 0.1) is 23.3 Å². The normalized spacial score (nSPS) is 10.1. The van der Waals surface area contributed by atoms with Crippen LogP contribution in [0.5, 0.6) is 0 Å². The number of ether oxygens (including phenoxy) is 1. The van der Waals surface area contributed by atoms with E-state index >= 15 is 0 Å². The number of anilines is 2. The summed E-state index contributed by atoms with van der Waals surface area (Å²) in [5.41, 5.74) is 1.18. The number of nitro groups is 1. The van der Waals surface area contributed by atoms with Crippen LogP contribution in [0.3, 0.4) is 0 Å². The van der Waals surface area contributed by atoms with Crippen molar-refractivity contribution >= 4 is 34.8 Å². The smallest absolute Gasteiger partial charge is 0.339 e. The van der Waals surface area contributed by atoms with Gasteiger partial charge in [-0.3, -0.25) is 19.7 Å². The topological polar surface area (TPSA) is 128 Å². The first kappa shape index (κ1) is 21.2. The third-order valence-corrected chi connectivity index (χ3v) is 4.30. The number of hydrogen-bond donors (Lipinski definition) is 2. The Morgan fingerprint density at radius 3 is 2.19 bits per heavy atom. The number of nitrogens with zero attached hydrogens (tertiary/aromatic N) is 1. The maximum absolute atomic E-state index is 12.5. The van der Waals surface area contributed by atoms with Gasteiger partial charge in [-0.25, -0.2) is 4.79 Å². The summed E-state index contributed by atoms with van der Waals surface area (Å²) in [4.78, 5) is 46.9. The van der Waals surface area contributed by atoms with Gasteiger partial charge in [0.15, 0.2) is 0 Å². The van der Waals surface area contributed by atoms with Crippen LogP contribution in [0.15, 0.2) is 72.8 Å². The third-order valence-electron chi connectivity index (χ3n) is 4.30. The van der Waals surface area contributed by atoms with Gasteiger partial charge in [-0.1, -0.05) is 18.2 Å². The molecule has 0 bridgehead atoms. The predicted molar refractivity (Wildman–Crippen MR) is 113 cm³/mol. The van der Waals surface area contributed by atoms with Gasteiger partial charge in [0, 0.05) is 28.9 Å². The van der Waals surface area contributed by atoms with Gasteiger partial charge >= 0.3 is 5.97 Å². The number of non-ortho nitro benzene ring substituents is 1. The summed E-state index contributed by atoms with van der Waals surface area (Å²) >= 11 is 0. The highest BCUT2D eigenvalue weighted by molar-refractivity contribution is 6.08. The summed E-state index contributed by atoms with van der Waals surface area (Å²) in [5, 5.41) is 16.1. The summed E-state index contributed by atoms with van der Waals surface area (Å²) < 4.78 is 4.71. The first-order valence-corrected chi connectivity index (χ1v) is 9.03. The molecule has 0 fully saturated rings. The minimum absolute atomic E-state index is 0.135. The van der Waals surface area contributed by atoms with Crippen LogP contribution >= 0.6 is 0 Å². The van der Waals surface area contributed by atoms with Crippen LogP contribution < -0.4 is 10.6 Å². The molecule has 2 amide bonds. The maximum atomic E-state index is 12.5. The molecule has 3 rings (SSSR count). The molecule has 3 aromatic carbocycles. The van der Waals surface area contributed by atoms with Crippen LogP contribution in [-0.2, 0) is 4.74 Å². The molecule has 0 saturated heterocycles. The lowest BCUT2D eigenvalue weighted by atomic mass is 10.1. The number of carbonyl (C=O) groups excluding carboxylic acids is 3. The number of hydrogen-bond acceptors (Lipinski definition) is 6. The van der Waals surface area contributed by atoms with Crippen LogP contribution in [0.4, 0.5) is 17.1 Å². The van der Waals surface area contributed by atoms with Gasteiger partial charge in [-0.2, -0.15) is 0 Å². The Hall–Kier alpha value is -4.53. The van der Waals surface area contributed by atoms with Gasteiger partial charge in [0.1, 0.15) is 0 Å². The molecule has 9 heteroatoms. The molecule has 0 aliphatic rings. The third kappa shape index (κ3) is 5.10. The second-order valence-corrected chi connectivity index (χ2v) is 6.33. The molecule has 0 heterocycles. The summed E-state index contributed by atoms with van der Waals surface area (Å²) in [6, 6.07) is 17.8. The van der Waals surface area contributed by atoms with E-state index in [1.165, 1.54) is 61.7 Å². The fourth-order valence-electron chi connectivity index (χ4n) is 2.74. The summed E-state index contributed by atoms with van der Waals surface area (Å²) in [5.74, 6) is -1.55. The lowest BCUT2D eigenvalue weighted by Gasteiger charge is -2.10. The average molecular weight is 419 g/mol. The van der Waals surface area contributed by atoms with Crippen molar-refractivity contribution in [2.75, 3.05) is 17.7 Å². The Morgan fingerprint density at radius 2 is 1.52 bits per heavy atom. The van der Waals surface area contributed by atoms with E-state index in [0.29, 0.717) is 16.9 Å². The van der Waals surface area contributed by atoms with Crippen molar-refractivity contribution < 1.29 is 24.0 Å². The zero-order valence-corrected chi connectivity index (χ0v) is 16.3. The standard InChI is InChI=1S/C22H17N3O6/c1-31-22(28)18-7-2-3-8-19(18)24-20(26)14-9-11-16(12-10-14)23-21(27)15-5-4-6-17(13-15)25(29)30/h2-13H,1H3,(H,23,27)(H,24,26). The molecule has 31 heavy (non-hydrogen) atoms. The van der Waals surface area contributed by atoms with E-state index in [9.17, 15) is 24.5 Å². The number of nitrogens with one attached hydrogen (secondary N) is 2. The van der Waals surface area contributed by atoms with Crippen LogP contribution in [0, 0.1) is 10.1 Å². The van der Waals surface area contributed by atoms with E-state index in [1.54, 1.807) is 18.2 Å². The van der Waals surface area contributed by atoms with E-state index in [4.69, 9.17) is 4.74 Å². The van der Waals surface area contributed by atoms with E-state index in [-0.39, 0.29) is 16.8 Å². The molecule has 0 aromatic heterocycles. The quantitative estimate of drug-likeness (QED) is 0.354. The van der Waals surface area contributed by atoms with Crippen molar-refractivity contribution in [3.05, 3.63) is 99.6 Å². The molecular weight excluding hydrogens is 402 g/mol. The highest BCUT2D eigenvalue weighted by Gasteiger charge is 2.15. The molecule has 156 valence electrons. The monoisotopic (exact) mass is 419 g/mol. The van der Waals surface area contributed by atoms with Gasteiger partial charge < -0.3 is 15.4 Å². The van der Waals surface area contributed by atoms with Crippen LogP contribution in [0.25, 0.3) is 0 Å². The number of benzene rings is 3. The zero-order valence-electron chi connectivity index (χ0n) is 16.3. The number of carbonyl (C=O) groups is 3. The highest BCUT2D eigenvalue weighted by atomic mass is 16.6. The molecule has 0 atom stereocenters. The minimum atomic E-state index is -0.581. The van der Waals surface area contributed by atoms with Crippen molar-refractivity contribution in [1.82, 2.24) is 0 Å². The Balaban J connectivity index is 1.70. The number of esters is 1. The molecule has 0 unspecified atom stereocenters. The second kappa shape index (κ2) is 9.31. The average Bonchev–Trinajstić information content (AvgIpc) is 2.79. The molecule has 0 aliphatic carbocycles. The van der Waals surface area contributed by atoms with Crippen molar-refractivity contribution in [3.63, 3.8) is 0 Å². The van der Waals surface area contributed by atoms with Crippen LogP contribution in [0.2, 0.25) is 0 Å². The molecule has 0 aliphatic heterocycles. The number of amides is 2. The number of methoxy groups -OCH3 is 1. The molecule has 3 aromatic rings. The Morgan fingerprint density at radius 1 is 0.839 bits per heavy atom. The number of rotatable bonds is 6. The molecular formula is C22H17N3O6. The maximum Gasteiger partial charge on any atom is 0.339 e. The van der Waals surface area contributed by atoms with Crippen molar-refractivity contribution in [2.24, 2.45) is 0 Å². The largest absolute Gasteiger partial charge is 0.465 e. The minimum Gasteiger partial charge on any atom is -0.465 e. The Bertz CT molecular complexity index is 1160. The molecule has 0 radical (unpaired) electrons. The highest BCUT2D eigenvalue weighted by Crippen LogP contribution is 2.19. The Labute approximate surface area is 176 Å². The summed E-state index contributed by atoms with van der Waals surface area (Å²) in [7, 11) is 1.25. The fourth-order valence-corrected chi connectivity index (χ4v) is 2.74. The molecule has 0 saturated carbocycles. The predicted octanol–water partition coefficient (Wildman–Crippen LogP) is 3.89. The Kier molecular flexibility index (Phi) is 6.36. The van der Waals surface area contributed by atoms with Crippen molar-refractivity contribution in [2.45, 2.75) is 0 Å². The molecule has 9 nitrogen and oxygen atoms in total. The molecule has 2 N–H and O–H groups in total. The van der Waals surface area contributed by atoms with Gasteiger partial charge in [-0.15, -0.1) is 0 Å². The van der Waals surface area contributed by atoms with Crippen LogP contribution in [-0.4, -0.2) is 29.8 Å². The summed E-state index contributed by atoms with van der Waals surface area (Å²) in [6.07, 6.45) is 0. The van der Waals surface area contributed by atoms with Gasteiger partial charge in [0.25, 0.3) is 17.5 Å². The SMILES string of the molecule is COC(=O)c1ccccc1NC(=O)c1ccc(NC(=O)c2cccc([N+](=O)[O-])c2)cc1. The second-order valence-electron chi connectivity index (χ2n) is 6.33. The van der Waals surface area contributed by atoms with E-state index in [0.717, 1.165) is 0 Å². The van der Waals surface area contributed by atoms with Crippen molar-refractivity contribution in [1.29, 1.82) is 0 Å². The van der Waals surface area contributed by atoms with E-state index in [2.05, 4.69) is 10.6 Å². The van der Waals surface area contributed by atoms with E-state index in [1.807, 2.05) is 0 Å². The van der Waals surface area contributed by atoms with E-state index < -0.39 is 22.7 Å². The summed E-state index contributed by atoms with van der Waals surface area (Å²) in [6.45, 7) is 0. The fraction of sp³-hybridized carbons (Fsp3) is 0.0455. The number of nitro benzene ring substituents is 1. The molecule has 0 spiro atoms.